The van der Waals surface area contributed by atoms with Gasteiger partial charge in [0, 0.05) is 0 Å². The van der Waals surface area contributed by atoms with Crippen LogP contribution >= 0.6 is 0 Å². The number of hydrogen-bond acceptors (Lipinski definition) is 6. The maximum absolute atomic E-state index is 11.6. The monoisotopic (exact) mass is 275 g/mol. The zero-order valence-corrected chi connectivity index (χ0v) is 11.2. The maximum Gasteiger partial charge on any atom is 0.320 e. The molecule has 0 bridgehead atoms. The molecule has 0 amide bonds. The summed E-state index contributed by atoms with van der Waals surface area (Å²) in [6, 6.07) is 3.31. The Kier molecular flexibility index (Phi) is 5.36. The molecule has 0 saturated carbocycles. The topological polar surface area (TPSA) is 85.6 Å². The predicted octanol–water partition coefficient (Wildman–Crippen LogP) is 0.477. The lowest BCUT2D eigenvalue weighted by Crippen LogP contribution is -2.18. The van der Waals surface area contributed by atoms with Gasteiger partial charge in [-0.3, -0.25) is 4.79 Å². The van der Waals surface area contributed by atoms with E-state index >= 15 is 0 Å². The fraction of sp³-hybridized carbons (Fsp3) is 0.545. The molecule has 1 N–H and O–H groups in total. The summed E-state index contributed by atoms with van der Waals surface area (Å²) in [6.07, 6.45) is 0. The first-order chi connectivity index (χ1) is 8.46. The van der Waals surface area contributed by atoms with Crippen molar-refractivity contribution in [3.05, 3.63) is 23.7 Å². The fourth-order valence-corrected chi connectivity index (χ4v) is 2.52. The van der Waals surface area contributed by atoms with Crippen LogP contribution in [0.3, 0.4) is 0 Å². The smallest absolute Gasteiger partial charge is 0.320 e. The van der Waals surface area contributed by atoms with Crippen molar-refractivity contribution in [2.75, 3.05) is 19.4 Å². The van der Waals surface area contributed by atoms with E-state index in [0.29, 0.717) is 18.1 Å². The quantitative estimate of drug-likeness (QED) is 0.728. The van der Waals surface area contributed by atoms with Crippen molar-refractivity contribution >= 4 is 15.8 Å². The van der Waals surface area contributed by atoms with Crippen LogP contribution in [0.15, 0.2) is 16.5 Å². The summed E-state index contributed by atoms with van der Waals surface area (Å²) in [5.41, 5.74) is 0. The highest BCUT2D eigenvalue weighted by Gasteiger charge is 2.19. The Morgan fingerprint density at radius 2 is 2.06 bits per heavy atom. The van der Waals surface area contributed by atoms with Crippen molar-refractivity contribution in [1.82, 2.24) is 5.32 Å². The van der Waals surface area contributed by atoms with E-state index in [9.17, 15) is 13.2 Å². The minimum absolute atomic E-state index is 0.297. The number of carbonyl (C=O) groups excluding carboxylic acids is 1. The lowest BCUT2D eigenvalue weighted by molar-refractivity contribution is -0.137. The van der Waals surface area contributed by atoms with Crippen LogP contribution in [0.2, 0.25) is 0 Å². The van der Waals surface area contributed by atoms with E-state index in [2.05, 4.69) is 10.1 Å². The highest BCUT2D eigenvalue weighted by Crippen LogP contribution is 2.12. The first-order valence-corrected chi connectivity index (χ1v) is 7.34. The van der Waals surface area contributed by atoms with Gasteiger partial charge >= 0.3 is 5.97 Å². The van der Waals surface area contributed by atoms with Gasteiger partial charge in [0.15, 0.2) is 9.84 Å². The largest absolute Gasteiger partial charge is 0.468 e. The second-order valence-electron chi connectivity index (χ2n) is 3.76. The number of ether oxygens (including phenoxy) is 1. The molecule has 0 fully saturated rings. The maximum atomic E-state index is 11.6. The van der Waals surface area contributed by atoms with Crippen molar-refractivity contribution in [3.8, 4) is 0 Å². The Morgan fingerprint density at radius 3 is 2.67 bits per heavy atom. The van der Waals surface area contributed by atoms with E-state index in [1.807, 2.05) is 6.92 Å². The second kappa shape index (κ2) is 6.55. The molecule has 1 aromatic heterocycles. The Labute approximate surface area is 106 Å². The molecular weight excluding hydrogens is 258 g/mol. The number of methoxy groups -OCH3 is 1. The molecule has 0 atom stereocenters. The van der Waals surface area contributed by atoms with Crippen LogP contribution in [0.4, 0.5) is 0 Å². The summed E-state index contributed by atoms with van der Waals surface area (Å²) >= 11 is 0. The van der Waals surface area contributed by atoms with Crippen LogP contribution in [-0.2, 0) is 31.7 Å². The lowest BCUT2D eigenvalue weighted by Gasteiger charge is -2.01. The molecule has 0 aliphatic heterocycles. The normalized spacial score (nSPS) is 11.4. The number of carbonyl (C=O) groups is 1. The number of nitrogens with one attached hydrogen (secondary N) is 1. The van der Waals surface area contributed by atoms with Crippen LogP contribution in [0, 0.1) is 0 Å². The van der Waals surface area contributed by atoms with Crippen molar-refractivity contribution < 1.29 is 22.4 Å². The third-order valence-corrected chi connectivity index (χ3v) is 3.59. The van der Waals surface area contributed by atoms with E-state index in [-0.39, 0.29) is 5.75 Å². The molecule has 102 valence electrons. The SMILES string of the molecule is CCNCc1ccc(CS(=O)(=O)CC(=O)OC)o1. The molecule has 1 rings (SSSR count). The Hall–Kier alpha value is -1.34. The Morgan fingerprint density at radius 1 is 1.39 bits per heavy atom. The van der Waals surface area contributed by atoms with E-state index < -0.39 is 21.6 Å². The first kappa shape index (κ1) is 14.7. The van der Waals surface area contributed by atoms with Gasteiger partial charge < -0.3 is 14.5 Å². The van der Waals surface area contributed by atoms with Crippen molar-refractivity contribution in [1.29, 1.82) is 0 Å². The molecule has 0 aromatic carbocycles. The average molecular weight is 275 g/mol. The minimum atomic E-state index is -3.54. The minimum Gasteiger partial charge on any atom is -0.468 e. The summed E-state index contributed by atoms with van der Waals surface area (Å²) in [7, 11) is -2.39. The third kappa shape index (κ3) is 4.89. The molecule has 0 aliphatic carbocycles. The summed E-state index contributed by atoms with van der Waals surface area (Å²) in [5.74, 6) is -0.706. The van der Waals surface area contributed by atoms with Crippen molar-refractivity contribution in [3.63, 3.8) is 0 Å². The average Bonchev–Trinajstić information content (AvgIpc) is 2.72. The highest BCUT2D eigenvalue weighted by atomic mass is 32.2. The van der Waals surface area contributed by atoms with E-state index in [4.69, 9.17) is 4.42 Å². The van der Waals surface area contributed by atoms with Gasteiger partial charge in [-0.15, -0.1) is 0 Å². The van der Waals surface area contributed by atoms with E-state index in [1.54, 1.807) is 12.1 Å². The summed E-state index contributed by atoms with van der Waals surface area (Å²) in [6.45, 7) is 3.31. The second-order valence-corrected chi connectivity index (χ2v) is 5.82. The zero-order valence-electron chi connectivity index (χ0n) is 10.4. The standard InChI is InChI=1S/C11H17NO5S/c1-3-12-6-9-4-5-10(17-9)7-18(14,15)8-11(13)16-2/h4-5,12H,3,6-8H2,1-2H3. The van der Waals surface area contributed by atoms with Crippen LogP contribution in [0.5, 0.6) is 0 Å². The van der Waals surface area contributed by atoms with E-state index in [0.717, 1.165) is 13.7 Å². The molecule has 0 spiro atoms. The highest BCUT2D eigenvalue weighted by molar-refractivity contribution is 7.91. The predicted molar refractivity (Wildman–Crippen MR) is 65.6 cm³/mol. The summed E-state index contributed by atoms with van der Waals surface area (Å²) in [4.78, 5) is 10.9. The molecule has 6 nitrogen and oxygen atoms in total. The molecule has 18 heavy (non-hydrogen) atoms. The van der Waals surface area contributed by atoms with Gasteiger partial charge in [-0.2, -0.15) is 0 Å². The molecule has 1 heterocycles. The zero-order chi connectivity index (χ0) is 13.6. The number of hydrogen-bond donors (Lipinski definition) is 1. The van der Waals surface area contributed by atoms with E-state index in [1.165, 1.54) is 0 Å². The summed E-state index contributed by atoms with van der Waals surface area (Å²) < 4.78 is 32.9. The van der Waals surface area contributed by atoms with Gasteiger partial charge in [-0.05, 0) is 18.7 Å². The van der Waals surface area contributed by atoms with Crippen molar-refractivity contribution in [2.45, 2.75) is 19.2 Å². The third-order valence-electron chi connectivity index (χ3n) is 2.19. The van der Waals surface area contributed by atoms with Crippen LogP contribution in [-0.4, -0.2) is 33.8 Å². The number of furan rings is 1. The number of sulfone groups is 1. The van der Waals surface area contributed by atoms with Crippen molar-refractivity contribution in [2.24, 2.45) is 0 Å². The Bertz CT molecular complexity index is 491. The van der Waals surface area contributed by atoms with Crippen LogP contribution in [0.25, 0.3) is 0 Å². The molecule has 0 unspecified atom stereocenters. The molecule has 7 heteroatoms. The summed E-state index contributed by atoms with van der Waals surface area (Å²) in [5, 5.41) is 3.06. The lowest BCUT2D eigenvalue weighted by atomic mass is 10.4. The molecule has 0 aliphatic rings. The van der Waals surface area contributed by atoms with Gasteiger partial charge in [0.25, 0.3) is 0 Å². The first-order valence-electron chi connectivity index (χ1n) is 5.52. The molecule has 0 saturated heterocycles. The fourth-order valence-electron chi connectivity index (χ4n) is 1.35. The Balaban J connectivity index is 2.61. The van der Waals surface area contributed by atoms with Gasteiger partial charge in [-0.1, -0.05) is 6.92 Å². The van der Waals surface area contributed by atoms with Crippen LogP contribution in [0.1, 0.15) is 18.4 Å². The molecular formula is C11H17NO5S. The number of rotatable bonds is 7. The van der Waals surface area contributed by atoms with Crippen LogP contribution < -0.4 is 5.32 Å². The van der Waals surface area contributed by atoms with Gasteiger partial charge in [-0.25, -0.2) is 8.42 Å². The number of esters is 1. The molecule has 1 aromatic rings. The van der Waals surface area contributed by atoms with Gasteiger partial charge in [0.05, 0.1) is 13.7 Å². The van der Waals surface area contributed by atoms with Gasteiger partial charge in [0.1, 0.15) is 23.0 Å². The molecule has 0 radical (unpaired) electrons. The van der Waals surface area contributed by atoms with Gasteiger partial charge in [0.2, 0.25) is 0 Å².